The highest BCUT2D eigenvalue weighted by Crippen LogP contribution is 2.27. The van der Waals surface area contributed by atoms with Crippen molar-refractivity contribution in [2.75, 3.05) is 24.5 Å². The smallest absolute Gasteiger partial charge is 0.226 e. The zero-order valence-corrected chi connectivity index (χ0v) is 19.0. The van der Waals surface area contributed by atoms with Gasteiger partial charge in [-0.05, 0) is 50.5 Å². The molecular weight excluding hydrogens is 395 g/mol. The molecule has 168 valence electrons. The fraction of sp³-hybridized carbons (Fsp3) is 0.542. The predicted octanol–water partition coefficient (Wildman–Crippen LogP) is 4.97. The Hall–Kier alpha value is -2.70. The molecule has 1 aromatic carbocycles. The maximum Gasteiger partial charge on any atom is 0.226 e. The van der Waals surface area contributed by atoms with Gasteiger partial charge in [0.25, 0.3) is 0 Å². The van der Waals surface area contributed by atoms with E-state index in [4.69, 9.17) is 4.74 Å². The number of anilines is 1. The Bertz CT molecular complexity index is 892. The van der Waals surface area contributed by atoms with Crippen molar-refractivity contribution in [3.8, 4) is 11.6 Å². The molecule has 31 heavy (non-hydrogen) atoms. The number of ether oxygens (including phenoxy) is 1. The van der Waals surface area contributed by atoms with Crippen molar-refractivity contribution in [2.24, 2.45) is 5.92 Å². The van der Waals surface area contributed by atoms with Gasteiger partial charge >= 0.3 is 0 Å². The molecule has 0 saturated carbocycles. The summed E-state index contributed by atoms with van der Waals surface area (Å²) in [6, 6.07) is 6.30. The van der Waals surface area contributed by atoms with Gasteiger partial charge in [0.05, 0.1) is 0 Å². The second-order valence-corrected chi connectivity index (χ2v) is 8.30. The van der Waals surface area contributed by atoms with E-state index in [0.717, 1.165) is 31.5 Å². The number of carbonyl (C=O) groups excluding carboxylic acids is 1. The van der Waals surface area contributed by atoms with Crippen molar-refractivity contribution >= 4 is 11.7 Å². The molecule has 7 heteroatoms. The van der Waals surface area contributed by atoms with Gasteiger partial charge in [0.15, 0.2) is 0 Å². The summed E-state index contributed by atoms with van der Waals surface area (Å²) in [5.74, 6) is 1.84. The van der Waals surface area contributed by atoms with Crippen LogP contribution in [0.15, 0.2) is 30.6 Å². The quantitative estimate of drug-likeness (QED) is 0.594. The van der Waals surface area contributed by atoms with E-state index in [2.05, 4.69) is 35.6 Å². The molecule has 0 aliphatic carbocycles. The molecule has 2 aromatic rings. The van der Waals surface area contributed by atoms with Crippen LogP contribution in [0.4, 0.5) is 10.2 Å². The molecule has 1 aliphatic rings. The highest BCUT2D eigenvalue weighted by Gasteiger charge is 2.31. The molecule has 0 spiro atoms. The lowest BCUT2D eigenvalue weighted by atomic mass is 9.96. The molecular formula is C24H33FN4O2. The third-order valence-electron chi connectivity index (χ3n) is 5.96. The summed E-state index contributed by atoms with van der Waals surface area (Å²) in [4.78, 5) is 25.8. The van der Waals surface area contributed by atoms with Crippen molar-refractivity contribution in [1.29, 1.82) is 0 Å². The molecule has 2 heterocycles. The summed E-state index contributed by atoms with van der Waals surface area (Å²) in [5.41, 5.74) is 0.703. The average molecular weight is 429 g/mol. The highest BCUT2D eigenvalue weighted by atomic mass is 19.1. The molecule has 0 radical (unpaired) electrons. The largest absolute Gasteiger partial charge is 0.439 e. The molecule has 1 aliphatic heterocycles. The molecule has 2 unspecified atom stereocenters. The lowest BCUT2D eigenvalue weighted by Crippen LogP contribution is -2.55. The van der Waals surface area contributed by atoms with E-state index >= 15 is 0 Å². The fourth-order valence-corrected chi connectivity index (χ4v) is 4.08. The first-order valence-corrected chi connectivity index (χ1v) is 11.2. The van der Waals surface area contributed by atoms with E-state index in [9.17, 15) is 9.18 Å². The molecule has 1 aromatic heterocycles. The van der Waals surface area contributed by atoms with Gasteiger partial charge in [-0.1, -0.05) is 26.7 Å². The summed E-state index contributed by atoms with van der Waals surface area (Å²) in [7, 11) is 0. The predicted molar refractivity (Wildman–Crippen MR) is 120 cm³/mol. The van der Waals surface area contributed by atoms with Crippen molar-refractivity contribution in [3.63, 3.8) is 0 Å². The number of rotatable bonds is 8. The van der Waals surface area contributed by atoms with E-state index < -0.39 is 0 Å². The Morgan fingerprint density at radius 3 is 2.74 bits per heavy atom. The Balaban J connectivity index is 1.66. The van der Waals surface area contributed by atoms with Crippen LogP contribution in [0, 0.1) is 18.7 Å². The molecule has 2 atom stereocenters. The molecule has 1 saturated heterocycles. The van der Waals surface area contributed by atoms with E-state index in [1.54, 1.807) is 19.1 Å². The third kappa shape index (κ3) is 5.71. The van der Waals surface area contributed by atoms with Crippen molar-refractivity contribution in [1.82, 2.24) is 14.9 Å². The maximum absolute atomic E-state index is 13.3. The van der Waals surface area contributed by atoms with Gasteiger partial charge in [0.2, 0.25) is 11.8 Å². The van der Waals surface area contributed by atoms with Gasteiger partial charge < -0.3 is 14.5 Å². The second-order valence-electron chi connectivity index (χ2n) is 8.30. The summed E-state index contributed by atoms with van der Waals surface area (Å²) in [6.45, 7) is 10.3. The van der Waals surface area contributed by atoms with Crippen LogP contribution in [0.5, 0.6) is 11.6 Å². The van der Waals surface area contributed by atoms with Gasteiger partial charge in [0, 0.05) is 37.7 Å². The van der Waals surface area contributed by atoms with Crippen molar-refractivity contribution in [3.05, 3.63) is 42.0 Å². The molecule has 1 fully saturated rings. The van der Waals surface area contributed by atoms with E-state index in [1.807, 2.05) is 4.90 Å². The lowest BCUT2D eigenvalue weighted by Gasteiger charge is -2.41. The number of piperazine rings is 1. The zero-order valence-electron chi connectivity index (χ0n) is 19.0. The number of aryl methyl sites for hydroxylation is 1. The summed E-state index contributed by atoms with van der Waals surface area (Å²) >= 11 is 0. The highest BCUT2D eigenvalue weighted by molar-refractivity contribution is 5.79. The number of amides is 1. The molecule has 0 N–H and O–H groups in total. The van der Waals surface area contributed by atoms with Crippen LogP contribution in [-0.4, -0.2) is 46.5 Å². The van der Waals surface area contributed by atoms with Gasteiger partial charge in [-0.15, -0.1) is 0 Å². The molecule has 3 rings (SSSR count). The monoisotopic (exact) mass is 428 g/mol. The van der Waals surface area contributed by atoms with Crippen LogP contribution in [0.2, 0.25) is 0 Å². The average Bonchev–Trinajstić information content (AvgIpc) is 2.76. The van der Waals surface area contributed by atoms with Gasteiger partial charge in [0.1, 0.15) is 23.7 Å². The maximum atomic E-state index is 13.3. The normalized spacial score (nSPS) is 17.5. The van der Waals surface area contributed by atoms with Crippen LogP contribution in [0.3, 0.4) is 0 Å². The number of aromatic nitrogens is 2. The van der Waals surface area contributed by atoms with Crippen LogP contribution in [0.1, 0.15) is 52.0 Å². The van der Waals surface area contributed by atoms with Crippen LogP contribution in [0.25, 0.3) is 0 Å². The first-order valence-electron chi connectivity index (χ1n) is 11.2. The van der Waals surface area contributed by atoms with E-state index in [-0.39, 0.29) is 23.7 Å². The minimum atomic E-state index is -0.297. The number of hydrogen-bond acceptors (Lipinski definition) is 5. The first-order chi connectivity index (χ1) is 14.9. The fourth-order valence-electron chi connectivity index (χ4n) is 4.08. The summed E-state index contributed by atoms with van der Waals surface area (Å²) in [6.07, 6.45) is 5.54. The van der Waals surface area contributed by atoms with Gasteiger partial charge in [-0.3, -0.25) is 4.79 Å². The number of halogens is 1. The minimum absolute atomic E-state index is 0.107. The minimum Gasteiger partial charge on any atom is -0.439 e. The number of carbonyl (C=O) groups is 1. The van der Waals surface area contributed by atoms with E-state index in [0.29, 0.717) is 36.8 Å². The number of unbranched alkanes of at least 4 members (excludes halogenated alkanes) is 1. The van der Waals surface area contributed by atoms with Crippen molar-refractivity contribution in [2.45, 2.75) is 59.4 Å². The Morgan fingerprint density at radius 2 is 2.06 bits per heavy atom. The summed E-state index contributed by atoms with van der Waals surface area (Å²) in [5, 5.41) is 0. The molecule has 0 bridgehead atoms. The third-order valence-corrected chi connectivity index (χ3v) is 5.96. The zero-order chi connectivity index (χ0) is 22.4. The Labute approximate surface area is 184 Å². The summed E-state index contributed by atoms with van der Waals surface area (Å²) < 4.78 is 19.2. The molecule has 1 amide bonds. The SMILES string of the molecule is CCCCC(CC)C(=O)N1CCN(c2cc(Oc3ccc(F)cc3C)ncn2)CC1C. The second kappa shape index (κ2) is 10.6. The van der Waals surface area contributed by atoms with E-state index in [1.165, 1.54) is 18.5 Å². The first kappa shape index (κ1) is 23.0. The lowest BCUT2D eigenvalue weighted by molar-refractivity contribution is -0.138. The van der Waals surface area contributed by atoms with Gasteiger partial charge in [-0.2, -0.15) is 0 Å². The topological polar surface area (TPSA) is 58.6 Å². The van der Waals surface area contributed by atoms with Crippen LogP contribution in [-0.2, 0) is 4.79 Å². The number of hydrogen-bond donors (Lipinski definition) is 0. The van der Waals surface area contributed by atoms with Crippen LogP contribution < -0.4 is 9.64 Å². The number of benzene rings is 1. The molecule has 6 nitrogen and oxygen atoms in total. The van der Waals surface area contributed by atoms with Crippen molar-refractivity contribution < 1.29 is 13.9 Å². The number of nitrogens with zero attached hydrogens (tertiary/aromatic N) is 4. The Kier molecular flexibility index (Phi) is 7.82. The van der Waals surface area contributed by atoms with Crippen LogP contribution >= 0.6 is 0 Å². The Morgan fingerprint density at radius 1 is 1.26 bits per heavy atom. The van der Waals surface area contributed by atoms with Gasteiger partial charge in [-0.25, -0.2) is 14.4 Å². The standard InChI is InChI=1S/C24H33FN4O2/c1-5-7-8-19(6-2)24(30)29-12-11-28(15-18(29)4)22-14-23(27-16-26-22)31-21-10-9-20(25)13-17(21)3/h9-10,13-14,16,18-19H,5-8,11-12,15H2,1-4H3.